The fraction of sp³-hybridized carbons (Fsp3) is 0.529. The molecule has 3 atom stereocenters. The molecule has 3 rings (SSSR count). The van der Waals surface area contributed by atoms with Gasteiger partial charge in [-0.05, 0) is 43.1 Å². The van der Waals surface area contributed by atoms with Crippen molar-refractivity contribution in [3.05, 3.63) is 34.4 Å². The monoisotopic (exact) mass is 332 g/mol. The van der Waals surface area contributed by atoms with E-state index in [0.29, 0.717) is 23.9 Å². The number of benzene rings is 1. The third-order valence-corrected chi connectivity index (χ3v) is 5.02. The van der Waals surface area contributed by atoms with E-state index in [-0.39, 0.29) is 18.3 Å². The van der Waals surface area contributed by atoms with Crippen molar-refractivity contribution in [2.45, 2.75) is 32.1 Å². The van der Waals surface area contributed by atoms with Gasteiger partial charge in [0, 0.05) is 24.2 Å². The van der Waals surface area contributed by atoms with Gasteiger partial charge in [-0.15, -0.1) is 0 Å². The number of amides is 1. The van der Waals surface area contributed by atoms with E-state index >= 15 is 0 Å². The van der Waals surface area contributed by atoms with E-state index in [9.17, 15) is 19.7 Å². The van der Waals surface area contributed by atoms with E-state index < -0.39 is 10.8 Å². The Kier molecular flexibility index (Phi) is 4.78. The minimum Gasteiger partial charge on any atom is -0.456 e. The predicted molar refractivity (Wildman–Crippen MR) is 86.2 cm³/mol. The number of carbonyl (C=O) groups excluding carboxylic acids is 2. The minimum atomic E-state index is -0.537. The fourth-order valence-corrected chi connectivity index (χ4v) is 3.94. The maximum atomic E-state index is 11.9. The quantitative estimate of drug-likeness (QED) is 0.490. The van der Waals surface area contributed by atoms with Gasteiger partial charge in [-0.3, -0.25) is 19.7 Å². The molecule has 2 aliphatic rings. The molecule has 0 saturated heterocycles. The van der Waals surface area contributed by atoms with Crippen LogP contribution in [0.3, 0.4) is 0 Å². The van der Waals surface area contributed by atoms with Crippen LogP contribution >= 0.6 is 0 Å². The Hall–Kier alpha value is -2.44. The molecule has 24 heavy (non-hydrogen) atoms. The fourth-order valence-electron chi connectivity index (χ4n) is 3.94. The molecule has 1 aromatic carbocycles. The highest BCUT2D eigenvalue weighted by Crippen LogP contribution is 2.49. The first-order valence-corrected chi connectivity index (χ1v) is 8.21. The largest absolute Gasteiger partial charge is 0.456 e. The first kappa shape index (κ1) is 16.4. The highest BCUT2D eigenvalue weighted by atomic mass is 16.6. The third kappa shape index (κ3) is 3.90. The summed E-state index contributed by atoms with van der Waals surface area (Å²) in [6.45, 7) is -0.373. The lowest BCUT2D eigenvalue weighted by Crippen LogP contribution is -2.23. The zero-order chi connectivity index (χ0) is 17.1. The van der Waals surface area contributed by atoms with Crippen molar-refractivity contribution in [2.75, 3.05) is 11.9 Å². The number of nitrogens with zero attached hydrogens (tertiary/aromatic N) is 1. The number of esters is 1. The summed E-state index contributed by atoms with van der Waals surface area (Å²) in [6.07, 6.45) is 5.19. The summed E-state index contributed by atoms with van der Waals surface area (Å²) >= 11 is 0. The van der Waals surface area contributed by atoms with Crippen LogP contribution in [0, 0.1) is 27.9 Å². The zero-order valence-electron chi connectivity index (χ0n) is 13.3. The molecule has 0 heterocycles. The molecule has 7 heteroatoms. The number of nitro benzene ring substituents is 1. The molecule has 1 aromatic rings. The van der Waals surface area contributed by atoms with Gasteiger partial charge in [0.2, 0.25) is 0 Å². The van der Waals surface area contributed by atoms with E-state index in [2.05, 4.69) is 5.32 Å². The number of nitrogens with one attached hydrogen (secondary N) is 1. The molecular weight excluding hydrogens is 312 g/mol. The molecule has 2 saturated carbocycles. The second-order valence-corrected chi connectivity index (χ2v) is 6.66. The molecule has 0 aromatic heterocycles. The van der Waals surface area contributed by atoms with Crippen LogP contribution in [-0.2, 0) is 14.3 Å². The van der Waals surface area contributed by atoms with Crippen LogP contribution in [-0.4, -0.2) is 23.4 Å². The van der Waals surface area contributed by atoms with Crippen molar-refractivity contribution in [3.63, 3.8) is 0 Å². The van der Waals surface area contributed by atoms with Crippen molar-refractivity contribution in [1.29, 1.82) is 0 Å². The Labute approximate surface area is 139 Å². The van der Waals surface area contributed by atoms with Crippen LogP contribution in [0.2, 0.25) is 0 Å². The van der Waals surface area contributed by atoms with Gasteiger partial charge in [-0.25, -0.2) is 0 Å². The Morgan fingerprint density at radius 2 is 2.12 bits per heavy atom. The van der Waals surface area contributed by atoms with Crippen molar-refractivity contribution < 1.29 is 19.2 Å². The van der Waals surface area contributed by atoms with Crippen molar-refractivity contribution in [1.82, 2.24) is 0 Å². The topological polar surface area (TPSA) is 98.5 Å². The van der Waals surface area contributed by atoms with Crippen molar-refractivity contribution in [2.24, 2.45) is 17.8 Å². The number of hydrogen-bond donors (Lipinski definition) is 1. The molecule has 0 radical (unpaired) electrons. The molecule has 0 unspecified atom stereocenters. The number of nitro groups is 1. The van der Waals surface area contributed by atoms with E-state index in [0.717, 1.165) is 12.3 Å². The summed E-state index contributed by atoms with van der Waals surface area (Å²) in [4.78, 5) is 33.8. The Bertz CT molecular complexity index is 660. The van der Waals surface area contributed by atoms with E-state index in [1.54, 1.807) is 6.07 Å². The van der Waals surface area contributed by atoms with Crippen LogP contribution in [0.1, 0.15) is 32.1 Å². The third-order valence-electron chi connectivity index (χ3n) is 5.02. The molecule has 2 fully saturated rings. The first-order chi connectivity index (χ1) is 11.5. The van der Waals surface area contributed by atoms with Gasteiger partial charge >= 0.3 is 5.97 Å². The van der Waals surface area contributed by atoms with Crippen LogP contribution < -0.4 is 5.32 Å². The van der Waals surface area contributed by atoms with E-state index in [1.807, 2.05) is 0 Å². The van der Waals surface area contributed by atoms with Gasteiger partial charge in [-0.1, -0.05) is 12.5 Å². The van der Waals surface area contributed by atoms with Gasteiger partial charge in [0.05, 0.1) is 4.92 Å². The van der Waals surface area contributed by atoms with E-state index in [1.165, 1.54) is 37.5 Å². The number of carbonyl (C=O) groups is 2. The molecule has 128 valence electrons. The average molecular weight is 332 g/mol. The Morgan fingerprint density at radius 3 is 2.79 bits per heavy atom. The predicted octanol–water partition coefficient (Wildman–Crippen LogP) is 2.90. The van der Waals surface area contributed by atoms with Crippen molar-refractivity contribution >= 4 is 23.3 Å². The first-order valence-electron chi connectivity index (χ1n) is 8.21. The SMILES string of the molecule is O=C(COC(=O)C[C@@H]1C[C@@H]2CC[C@@H]1C2)Nc1cccc([N+](=O)[O-])c1. The lowest BCUT2D eigenvalue weighted by Gasteiger charge is -2.20. The van der Waals surface area contributed by atoms with Gasteiger partial charge in [0.1, 0.15) is 0 Å². The molecule has 1 amide bonds. The number of ether oxygens (including phenoxy) is 1. The van der Waals surface area contributed by atoms with Crippen LogP contribution in [0.4, 0.5) is 11.4 Å². The number of non-ortho nitro benzene ring substituents is 1. The van der Waals surface area contributed by atoms with Gasteiger partial charge in [0.15, 0.2) is 6.61 Å². The lowest BCUT2D eigenvalue weighted by molar-refractivity contribution is -0.384. The normalized spacial score (nSPS) is 24.6. The van der Waals surface area contributed by atoms with Gasteiger partial charge in [0.25, 0.3) is 11.6 Å². The molecular formula is C17H20N2O5. The van der Waals surface area contributed by atoms with Crippen LogP contribution in [0.5, 0.6) is 0 Å². The Balaban J connectivity index is 1.43. The maximum absolute atomic E-state index is 11.9. The van der Waals surface area contributed by atoms with Gasteiger partial charge < -0.3 is 10.1 Å². The number of fused-ring (bicyclic) bond motifs is 2. The summed E-state index contributed by atoms with van der Waals surface area (Å²) < 4.78 is 5.04. The molecule has 2 aliphatic carbocycles. The minimum absolute atomic E-state index is 0.110. The maximum Gasteiger partial charge on any atom is 0.306 e. The van der Waals surface area contributed by atoms with Crippen LogP contribution in [0.25, 0.3) is 0 Å². The summed E-state index contributed by atoms with van der Waals surface area (Å²) in [7, 11) is 0. The second kappa shape index (κ2) is 6.98. The smallest absolute Gasteiger partial charge is 0.306 e. The molecule has 0 spiro atoms. The number of rotatable bonds is 6. The average Bonchev–Trinajstić information content (AvgIpc) is 3.16. The molecule has 0 aliphatic heterocycles. The number of hydrogen-bond acceptors (Lipinski definition) is 5. The van der Waals surface area contributed by atoms with Gasteiger partial charge in [-0.2, -0.15) is 0 Å². The molecule has 2 bridgehead atoms. The highest BCUT2D eigenvalue weighted by molar-refractivity contribution is 5.93. The molecule has 7 nitrogen and oxygen atoms in total. The molecule has 1 N–H and O–H groups in total. The second-order valence-electron chi connectivity index (χ2n) is 6.66. The van der Waals surface area contributed by atoms with E-state index in [4.69, 9.17) is 4.74 Å². The zero-order valence-corrected chi connectivity index (χ0v) is 13.3. The summed E-state index contributed by atoms with van der Waals surface area (Å²) in [6, 6.07) is 5.62. The Morgan fingerprint density at radius 1 is 1.29 bits per heavy atom. The summed E-state index contributed by atoms with van der Waals surface area (Å²) in [5.74, 6) is 0.959. The van der Waals surface area contributed by atoms with Crippen LogP contribution in [0.15, 0.2) is 24.3 Å². The highest BCUT2D eigenvalue weighted by Gasteiger charge is 2.40. The number of anilines is 1. The summed E-state index contributed by atoms with van der Waals surface area (Å²) in [5.41, 5.74) is 0.194. The summed E-state index contributed by atoms with van der Waals surface area (Å²) in [5, 5.41) is 13.2. The standard InChI is InChI=1S/C17H20N2O5/c20-16(18-14-2-1-3-15(9-14)19(22)23)10-24-17(21)8-13-7-11-4-5-12(13)6-11/h1-3,9,11-13H,4-8,10H2,(H,18,20)/t11-,12-,13+/m1/s1. The lowest BCUT2D eigenvalue weighted by atomic mass is 9.86. The van der Waals surface area contributed by atoms with Crippen molar-refractivity contribution in [3.8, 4) is 0 Å².